The lowest BCUT2D eigenvalue weighted by Crippen LogP contribution is -2.24. The van der Waals surface area contributed by atoms with Gasteiger partial charge < -0.3 is 15.6 Å². The summed E-state index contributed by atoms with van der Waals surface area (Å²) in [5.41, 5.74) is 6.43. The fraction of sp³-hybridized carbons (Fsp3) is 0.231. The van der Waals surface area contributed by atoms with Gasteiger partial charge in [0.25, 0.3) is 0 Å². The maximum Gasteiger partial charge on any atom is 0.135 e. The predicted molar refractivity (Wildman–Crippen MR) is 77.6 cm³/mol. The second-order valence-corrected chi connectivity index (χ2v) is 4.77. The minimum atomic E-state index is -0.410. The fourth-order valence-electron chi connectivity index (χ4n) is 1.92. The van der Waals surface area contributed by atoms with Crippen LogP contribution in [0.25, 0.3) is 0 Å². The number of nitrogens with two attached hydrogens (primary N) is 1. The molecule has 0 radical (unpaired) electrons. The van der Waals surface area contributed by atoms with E-state index in [1.54, 1.807) is 24.7 Å². The van der Waals surface area contributed by atoms with Crippen LogP contribution in [-0.2, 0) is 6.54 Å². The van der Waals surface area contributed by atoms with Gasteiger partial charge in [-0.2, -0.15) is 0 Å². The summed E-state index contributed by atoms with van der Waals surface area (Å²) in [4.78, 5) is 4.03. The van der Waals surface area contributed by atoms with Gasteiger partial charge in [-0.05, 0) is 19.1 Å². The van der Waals surface area contributed by atoms with Crippen molar-refractivity contribution >= 4 is 22.9 Å². The largest absolute Gasteiger partial charge is 0.389 e. The molecule has 0 aliphatic rings. The Bertz CT molecular complexity index is 568. The molecule has 1 aromatic carbocycles. The third kappa shape index (κ3) is 3.29. The summed E-state index contributed by atoms with van der Waals surface area (Å²) in [5.74, 6) is -0.410. The average molecular weight is 278 g/mol. The number of halogens is 1. The highest BCUT2D eigenvalue weighted by atomic mass is 32.1. The number of nitrogens with one attached hydrogen (secondary N) is 1. The number of anilines is 1. The van der Waals surface area contributed by atoms with Crippen molar-refractivity contribution in [2.24, 2.45) is 5.73 Å². The molecule has 1 atom stereocenters. The first-order valence-corrected chi connectivity index (χ1v) is 6.29. The second kappa shape index (κ2) is 5.79. The first kappa shape index (κ1) is 13.5. The molecule has 2 rings (SSSR count). The number of thiocarbonyl (C=S) groups is 1. The first-order chi connectivity index (χ1) is 9.08. The first-order valence-electron chi connectivity index (χ1n) is 5.88. The lowest BCUT2D eigenvalue weighted by molar-refractivity contribution is 0.612. The zero-order valence-corrected chi connectivity index (χ0v) is 11.3. The van der Waals surface area contributed by atoms with Crippen molar-refractivity contribution in [1.29, 1.82) is 0 Å². The van der Waals surface area contributed by atoms with E-state index >= 15 is 0 Å². The SMILES string of the molecule is CC(Cn1ccnc1)Nc1cccc(F)c1C(N)=S. The van der Waals surface area contributed by atoms with Gasteiger partial charge in [0.1, 0.15) is 10.8 Å². The summed E-state index contributed by atoms with van der Waals surface area (Å²) >= 11 is 4.89. The number of benzene rings is 1. The predicted octanol–water partition coefficient (Wildman–Crippen LogP) is 2.16. The third-order valence-corrected chi connectivity index (χ3v) is 2.91. The van der Waals surface area contributed by atoms with Crippen LogP contribution in [0.15, 0.2) is 36.9 Å². The zero-order valence-electron chi connectivity index (χ0n) is 10.5. The van der Waals surface area contributed by atoms with Crippen molar-refractivity contribution in [3.05, 3.63) is 48.3 Å². The lowest BCUT2D eigenvalue weighted by Gasteiger charge is -2.18. The minimum Gasteiger partial charge on any atom is -0.389 e. The Morgan fingerprint density at radius 2 is 2.37 bits per heavy atom. The van der Waals surface area contributed by atoms with E-state index in [4.69, 9.17) is 18.0 Å². The molecule has 0 aliphatic heterocycles. The van der Waals surface area contributed by atoms with Crippen LogP contribution >= 0.6 is 12.2 Å². The molecule has 0 bridgehead atoms. The molecular formula is C13H15FN4S. The highest BCUT2D eigenvalue weighted by molar-refractivity contribution is 7.80. The molecule has 1 heterocycles. The molecule has 2 aromatic rings. The van der Waals surface area contributed by atoms with Gasteiger partial charge in [-0.25, -0.2) is 9.37 Å². The monoisotopic (exact) mass is 278 g/mol. The number of nitrogens with zero attached hydrogens (tertiary/aromatic N) is 2. The zero-order chi connectivity index (χ0) is 13.8. The molecule has 100 valence electrons. The van der Waals surface area contributed by atoms with Gasteiger partial charge >= 0.3 is 0 Å². The maximum atomic E-state index is 13.7. The van der Waals surface area contributed by atoms with Crippen molar-refractivity contribution < 1.29 is 4.39 Å². The molecule has 0 spiro atoms. The van der Waals surface area contributed by atoms with Gasteiger partial charge in [0, 0.05) is 30.7 Å². The van der Waals surface area contributed by atoms with Crippen LogP contribution in [-0.4, -0.2) is 20.6 Å². The summed E-state index contributed by atoms with van der Waals surface area (Å²) < 4.78 is 15.6. The standard InChI is InChI=1S/C13H15FN4S/c1-9(7-18-6-5-16-8-18)17-11-4-2-3-10(14)12(11)13(15)19/h2-6,8-9,17H,7H2,1H3,(H2,15,19). The Balaban J connectivity index is 2.14. The molecule has 0 aliphatic carbocycles. The van der Waals surface area contributed by atoms with E-state index < -0.39 is 5.82 Å². The van der Waals surface area contributed by atoms with Crippen molar-refractivity contribution in [2.45, 2.75) is 19.5 Å². The normalized spacial score (nSPS) is 12.1. The Kier molecular flexibility index (Phi) is 4.11. The van der Waals surface area contributed by atoms with Crippen LogP contribution in [0.2, 0.25) is 0 Å². The molecule has 0 saturated carbocycles. The number of rotatable bonds is 5. The molecule has 1 aromatic heterocycles. The molecule has 19 heavy (non-hydrogen) atoms. The van der Waals surface area contributed by atoms with Gasteiger partial charge in [-0.3, -0.25) is 0 Å². The Morgan fingerprint density at radius 3 is 3.00 bits per heavy atom. The Morgan fingerprint density at radius 1 is 1.58 bits per heavy atom. The maximum absolute atomic E-state index is 13.7. The van der Waals surface area contributed by atoms with Crippen LogP contribution in [0.3, 0.4) is 0 Å². The van der Waals surface area contributed by atoms with Crippen LogP contribution in [0.4, 0.5) is 10.1 Å². The van der Waals surface area contributed by atoms with Crippen molar-refractivity contribution in [2.75, 3.05) is 5.32 Å². The van der Waals surface area contributed by atoms with Crippen LogP contribution in [0.1, 0.15) is 12.5 Å². The van der Waals surface area contributed by atoms with E-state index in [1.807, 2.05) is 17.7 Å². The number of hydrogen-bond acceptors (Lipinski definition) is 3. The Hall–Kier alpha value is -1.95. The van der Waals surface area contributed by atoms with Crippen LogP contribution in [0, 0.1) is 5.82 Å². The van der Waals surface area contributed by atoms with Crippen LogP contribution in [0.5, 0.6) is 0 Å². The average Bonchev–Trinajstić information content (AvgIpc) is 2.81. The van der Waals surface area contributed by atoms with Gasteiger partial charge in [-0.15, -0.1) is 0 Å². The number of hydrogen-bond donors (Lipinski definition) is 2. The molecule has 0 fully saturated rings. The molecular weight excluding hydrogens is 263 g/mol. The van der Waals surface area contributed by atoms with Gasteiger partial charge in [0.15, 0.2) is 0 Å². The van der Waals surface area contributed by atoms with E-state index in [-0.39, 0.29) is 16.6 Å². The molecule has 0 amide bonds. The fourth-order valence-corrected chi connectivity index (χ4v) is 2.12. The Labute approximate surface area is 116 Å². The summed E-state index contributed by atoms with van der Waals surface area (Å²) in [6.07, 6.45) is 5.33. The summed E-state index contributed by atoms with van der Waals surface area (Å²) in [6, 6.07) is 4.83. The van der Waals surface area contributed by atoms with E-state index in [9.17, 15) is 4.39 Å². The summed E-state index contributed by atoms with van der Waals surface area (Å²) in [7, 11) is 0. The third-order valence-electron chi connectivity index (χ3n) is 2.71. The van der Waals surface area contributed by atoms with E-state index in [0.29, 0.717) is 12.2 Å². The van der Waals surface area contributed by atoms with E-state index in [1.165, 1.54) is 6.07 Å². The smallest absolute Gasteiger partial charge is 0.135 e. The summed E-state index contributed by atoms with van der Waals surface area (Å²) in [5, 5.41) is 3.21. The van der Waals surface area contributed by atoms with Crippen molar-refractivity contribution in [3.8, 4) is 0 Å². The highest BCUT2D eigenvalue weighted by Gasteiger charge is 2.13. The topological polar surface area (TPSA) is 55.9 Å². The molecule has 6 heteroatoms. The summed E-state index contributed by atoms with van der Waals surface area (Å²) in [6.45, 7) is 2.71. The van der Waals surface area contributed by atoms with E-state index in [2.05, 4.69) is 10.3 Å². The molecule has 4 nitrogen and oxygen atoms in total. The minimum absolute atomic E-state index is 0.0513. The molecule has 3 N–H and O–H groups in total. The highest BCUT2D eigenvalue weighted by Crippen LogP contribution is 2.20. The number of aromatic nitrogens is 2. The van der Waals surface area contributed by atoms with E-state index in [0.717, 1.165) is 0 Å². The van der Waals surface area contributed by atoms with Gasteiger partial charge in [0.2, 0.25) is 0 Å². The molecule has 1 unspecified atom stereocenters. The molecule has 0 saturated heterocycles. The quantitative estimate of drug-likeness (QED) is 0.823. The van der Waals surface area contributed by atoms with Crippen LogP contribution < -0.4 is 11.1 Å². The second-order valence-electron chi connectivity index (χ2n) is 4.33. The van der Waals surface area contributed by atoms with Gasteiger partial charge in [-0.1, -0.05) is 18.3 Å². The van der Waals surface area contributed by atoms with Gasteiger partial charge in [0.05, 0.1) is 11.9 Å². The van der Waals surface area contributed by atoms with Crippen molar-refractivity contribution in [1.82, 2.24) is 9.55 Å². The lowest BCUT2D eigenvalue weighted by atomic mass is 10.1. The number of imidazole rings is 1. The van der Waals surface area contributed by atoms with Crippen molar-refractivity contribution in [3.63, 3.8) is 0 Å².